The van der Waals surface area contributed by atoms with Gasteiger partial charge in [0.1, 0.15) is 17.9 Å². The van der Waals surface area contributed by atoms with Crippen LogP contribution in [0.25, 0.3) is 10.9 Å². The van der Waals surface area contributed by atoms with Crippen LogP contribution >= 0.6 is 0 Å². The van der Waals surface area contributed by atoms with Crippen LogP contribution in [0.1, 0.15) is 5.56 Å². The Morgan fingerprint density at radius 2 is 1.18 bits per heavy atom. The standard InChI is InChI=1S/C32H38N6O11/c39-26(35-24-8-9-25(32-23(24)7-4-10-33-32)49-21-22-5-2-1-3-6-22)15-34-27(40)16-36(11-13-37(17-28(41)42)18-29(43)44)12-14-38(19-30(45)46)20-31(47)48/h1-10H,11-21H2,(H,34,40)(H,35,39)(H,41,42)(H,43,44)(H,45,46)(H,47,48). The Bertz CT molecular complexity index is 1550. The fourth-order valence-electron chi connectivity index (χ4n) is 4.77. The summed E-state index contributed by atoms with van der Waals surface area (Å²) in [6.45, 7) is -2.99. The zero-order chi connectivity index (χ0) is 35.8. The van der Waals surface area contributed by atoms with E-state index in [2.05, 4.69) is 15.6 Å². The van der Waals surface area contributed by atoms with Crippen LogP contribution in [0.4, 0.5) is 5.69 Å². The molecule has 2 aromatic carbocycles. The molecule has 0 spiro atoms. The molecule has 0 aliphatic carbocycles. The number of amides is 2. The van der Waals surface area contributed by atoms with E-state index in [1.54, 1.807) is 30.5 Å². The Kier molecular flexibility index (Phi) is 14.8. The Balaban J connectivity index is 1.63. The molecule has 2 amide bonds. The number of nitrogens with zero attached hydrogens (tertiary/aromatic N) is 4. The minimum absolute atomic E-state index is 0.0220. The number of hydrogen-bond donors (Lipinski definition) is 6. The van der Waals surface area contributed by atoms with Gasteiger partial charge in [-0.25, -0.2) is 0 Å². The van der Waals surface area contributed by atoms with Crippen molar-refractivity contribution in [2.75, 3.05) is 70.8 Å². The molecule has 3 rings (SSSR count). The first kappa shape index (κ1) is 37.8. The van der Waals surface area contributed by atoms with Crippen LogP contribution in [0.3, 0.4) is 0 Å². The summed E-state index contributed by atoms with van der Waals surface area (Å²) in [4.78, 5) is 78.7. The normalized spacial score (nSPS) is 11.1. The van der Waals surface area contributed by atoms with Crippen molar-refractivity contribution in [2.24, 2.45) is 0 Å². The van der Waals surface area contributed by atoms with Crippen molar-refractivity contribution in [3.8, 4) is 5.75 Å². The first-order chi connectivity index (χ1) is 23.4. The number of ether oxygens (including phenoxy) is 1. The number of hydrogen-bond acceptors (Lipinski definition) is 11. The average Bonchev–Trinajstić information content (AvgIpc) is 3.04. The van der Waals surface area contributed by atoms with Crippen molar-refractivity contribution in [1.82, 2.24) is 25.0 Å². The van der Waals surface area contributed by atoms with E-state index in [1.807, 2.05) is 30.3 Å². The Morgan fingerprint density at radius 3 is 1.73 bits per heavy atom. The third-order valence-corrected chi connectivity index (χ3v) is 6.96. The van der Waals surface area contributed by atoms with Gasteiger partial charge in [-0.05, 0) is 29.8 Å². The molecule has 262 valence electrons. The van der Waals surface area contributed by atoms with Gasteiger partial charge in [0.2, 0.25) is 11.8 Å². The summed E-state index contributed by atoms with van der Waals surface area (Å²) in [7, 11) is 0. The molecule has 0 fully saturated rings. The second-order valence-electron chi connectivity index (χ2n) is 10.9. The van der Waals surface area contributed by atoms with Crippen molar-refractivity contribution < 1.29 is 53.9 Å². The molecule has 17 heteroatoms. The van der Waals surface area contributed by atoms with Crippen LogP contribution < -0.4 is 15.4 Å². The monoisotopic (exact) mass is 682 g/mol. The second-order valence-corrected chi connectivity index (χ2v) is 10.9. The number of carbonyl (C=O) groups excluding carboxylic acids is 2. The Morgan fingerprint density at radius 1 is 0.633 bits per heavy atom. The van der Waals surface area contributed by atoms with Crippen LogP contribution in [0.2, 0.25) is 0 Å². The van der Waals surface area contributed by atoms with E-state index in [4.69, 9.17) is 25.2 Å². The van der Waals surface area contributed by atoms with E-state index < -0.39 is 68.4 Å². The van der Waals surface area contributed by atoms with Gasteiger partial charge in [-0.15, -0.1) is 0 Å². The van der Waals surface area contributed by atoms with E-state index in [-0.39, 0.29) is 32.7 Å². The minimum Gasteiger partial charge on any atom is -0.487 e. The van der Waals surface area contributed by atoms with Crippen LogP contribution in [0.15, 0.2) is 60.8 Å². The number of rotatable bonds is 22. The smallest absolute Gasteiger partial charge is 0.317 e. The molecule has 6 N–H and O–H groups in total. The SMILES string of the molecule is O=C(O)CN(CCN(CCN(CC(=O)O)CC(=O)O)CC(=O)NCC(=O)Nc1ccc(OCc2ccccc2)c2ncccc12)CC(=O)O. The van der Waals surface area contributed by atoms with Gasteiger partial charge in [0.25, 0.3) is 0 Å². The summed E-state index contributed by atoms with van der Waals surface area (Å²) in [5, 5.41) is 42.4. The van der Waals surface area contributed by atoms with Crippen LogP contribution in [-0.2, 0) is 35.4 Å². The number of carbonyl (C=O) groups is 6. The number of carboxylic acid groups (broad SMARTS) is 4. The molecule has 0 radical (unpaired) electrons. The summed E-state index contributed by atoms with van der Waals surface area (Å²) in [5.41, 5.74) is 1.93. The lowest BCUT2D eigenvalue weighted by molar-refractivity contribution is -0.143. The molecular formula is C32H38N6O11. The lowest BCUT2D eigenvalue weighted by Crippen LogP contribution is -2.47. The maximum absolute atomic E-state index is 12.9. The largest absolute Gasteiger partial charge is 0.487 e. The van der Waals surface area contributed by atoms with Crippen molar-refractivity contribution in [1.29, 1.82) is 0 Å². The van der Waals surface area contributed by atoms with E-state index in [0.29, 0.717) is 28.9 Å². The summed E-state index contributed by atoms with van der Waals surface area (Å²) in [6, 6.07) is 16.4. The average molecular weight is 683 g/mol. The second kappa shape index (κ2) is 19.2. The van der Waals surface area contributed by atoms with E-state index >= 15 is 0 Å². The van der Waals surface area contributed by atoms with Gasteiger partial charge in [-0.3, -0.25) is 48.5 Å². The molecule has 0 aliphatic rings. The minimum atomic E-state index is -1.26. The highest BCUT2D eigenvalue weighted by molar-refractivity contribution is 6.04. The fraction of sp³-hybridized carbons (Fsp3) is 0.344. The van der Waals surface area contributed by atoms with Crippen LogP contribution in [-0.4, -0.2) is 141 Å². The predicted molar refractivity (Wildman–Crippen MR) is 174 cm³/mol. The summed E-state index contributed by atoms with van der Waals surface area (Å²) >= 11 is 0. The number of benzene rings is 2. The highest BCUT2D eigenvalue weighted by Gasteiger charge is 2.20. The van der Waals surface area contributed by atoms with Gasteiger partial charge < -0.3 is 35.8 Å². The quantitative estimate of drug-likeness (QED) is 0.0825. The van der Waals surface area contributed by atoms with Crippen LogP contribution in [0.5, 0.6) is 5.75 Å². The number of carboxylic acids is 4. The molecule has 0 bridgehead atoms. The van der Waals surface area contributed by atoms with Crippen molar-refractivity contribution >= 4 is 52.3 Å². The van der Waals surface area contributed by atoms with Crippen molar-refractivity contribution in [2.45, 2.75) is 6.61 Å². The number of nitrogens with one attached hydrogen (secondary N) is 2. The predicted octanol–water partition coefficient (Wildman–Crippen LogP) is 0.113. The van der Waals surface area contributed by atoms with Gasteiger partial charge in [-0.2, -0.15) is 0 Å². The Labute approximate surface area is 280 Å². The van der Waals surface area contributed by atoms with Crippen molar-refractivity contribution in [3.63, 3.8) is 0 Å². The summed E-state index contributed by atoms with van der Waals surface area (Å²) < 4.78 is 5.97. The van der Waals surface area contributed by atoms with Gasteiger partial charge in [0.05, 0.1) is 45.0 Å². The molecule has 3 aromatic rings. The first-order valence-corrected chi connectivity index (χ1v) is 15.0. The molecule has 1 heterocycles. The van der Waals surface area contributed by atoms with Gasteiger partial charge in [0, 0.05) is 37.8 Å². The molecule has 0 aliphatic heterocycles. The van der Waals surface area contributed by atoms with Crippen LogP contribution in [0, 0.1) is 0 Å². The number of aromatic nitrogens is 1. The van der Waals surface area contributed by atoms with E-state index in [9.17, 15) is 28.8 Å². The van der Waals surface area contributed by atoms with E-state index in [1.165, 1.54) is 4.90 Å². The maximum Gasteiger partial charge on any atom is 0.317 e. The molecular weight excluding hydrogens is 644 g/mol. The van der Waals surface area contributed by atoms with Gasteiger partial charge in [0.15, 0.2) is 0 Å². The number of fused-ring (bicyclic) bond motifs is 1. The fourth-order valence-corrected chi connectivity index (χ4v) is 4.77. The lowest BCUT2D eigenvalue weighted by atomic mass is 10.1. The summed E-state index contributed by atoms with van der Waals surface area (Å²) in [6.07, 6.45) is 1.60. The number of aliphatic carboxylic acids is 4. The maximum atomic E-state index is 12.9. The molecule has 17 nitrogen and oxygen atoms in total. The molecule has 0 saturated heterocycles. The molecule has 0 atom stereocenters. The zero-order valence-corrected chi connectivity index (χ0v) is 26.5. The summed E-state index contributed by atoms with van der Waals surface area (Å²) in [5.74, 6) is -5.69. The van der Waals surface area contributed by atoms with Gasteiger partial charge in [-0.1, -0.05) is 30.3 Å². The third-order valence-electron chi connectivity index (χ3n) is 6.96. The zero-order valence-electron chi connectivity index (χ0n) is 26.5. The van der Waals surface area contributed by atoms with Gasteiger partial charge >= 0.3 is 23.9 Å². The van der Waals surface area contributed by atoms with E-state index in [0.717, 1.165) is 15.4 Å². The number of pyridine rings is 1. The highest BCUT2D eigenvalue weighted by atomic mass is 16.5. The lowest BCUT2D eigenvalue weighted by Gasteiger charge is -2.28. The third kappa shape index (κ3) is 13.9. The molecule has 49 heavy (non-hydrogen) atoms. The first-order valence-electron chi connectivity index (χ1n) is 15.0. The molecule has 0 unspecified atom stereocenters. The number of anilines is 1. The highest BCUT2D eigenvalue weighted by Crippen LogP contribution is 2.30. The molecule has 0 saturated carbocycles. The molecule has 1 aromatic heterocycles. The Hall–Kier alpha value is -5.65. The van der Waals surface area contributed by atoms with Crippen molar-refractivity contribution in [3.05, 3.63) is 66.4 Å². The topological polar surface area (TPSA) is 239 Å².